The third kappa shape index (κ3) is 3.48. The number of hydrogen-bond acceptors (Lipinski definition) is 4. The first-order chi connectivity index (χ1) is 14.6. The Hall–Kier alpha value is -2.76. The molecule has 0 unspecified atom stereocenters. The van der Waals surface area contributed by atoms with E-state index in [2.05, 4.69) is 23.2 Å². The number of hydrogen-bond donors (Lipinski definition) is 0. The van der Waals surface area contributed by atoms with E-state index in [0.29, 0.717) is 20.8 Å². The molecule has 0 aliphatic heterocycles. The van der Waals surface area contributed by atoms with Crippen LogP contribution in [0.5, 0.6) is 0 Å². The topological polar surface area (TPSA) is 52.0 Å². The highest BCUT2D eigenvalue weighted by Gasteiger charge is 2.17. The van der Waals surface area contributed by atoms with Crippen LogP contribution in [-0.4, -0.2) is 15.3 Å². The minimum absolute atomic E-state index is 0.0527. The molecule has 0 saturated carbocycles. The molecular formula is C24H19ClN2O2S. The molecule has 0 radical (unpaired) electrons. The molecule has 5 rings (SSSR count). The fourth-order valence-corrected chi connectivity index (χ4v) is 5.11. The van der Waals surface area contributed by atoms with E-state index in [1.54, 1.807) is 24.3 Å². The van der Waals surface area contributed by atoms with E-state index < -0.39 is 0 Å². The normalized spacial score (nSPS) is 13.4. The lowest BCUT2D eigenvalue weighted by Crippen LogP contribution is -2.24. The van der Waals surface area contributed by atoms with E-state index >= 15 is 0 Å². The predicted molar refractivity (Wildman–Crippen MR) is 122 cm³/mol. The molecule has 1 aliphatic carbocycles. The van der Waals surface area contributed by atoms with E-state index in [-0.39, 0.29) is 17.9 Å². The summed E-state index contributed by atoms with van der Waals surface area (Å²) in [4.78, 5) is 31.0. The molecule has 0 fully saturated rings. The molecule has 6 heteroatoms. The fourth-order valence-electron chi connectivity index (χ4n) is 4.08. The molecule has 0 bridgehead atoms. The number of Topliss-reactive ketones (excluding diaryl/α,β-unsaturated/α-hetero) is 1. The van der Waals surface area contributed by atoms with E-state index in [0.717, 1.165) is 24.0 Å². The number of ketones is 1. The lowest BCUT2D eigenvalue weighted by atomic mass is 9.89. The molecule has 0 spiro atoms. The first-order valence-corrected chi connectivity index (χ1v) is 11.2. The zero-order valence-corrected chi connectivity index (χ0v) is 17.8. The number of aryl methyl sites for hydroxylation is 2. The smallest absolute Gasteiger partial charge is 0.263 e. The molecule has 0 amide bonds. The Morgan fingerprint density at radius 3 is 2.63 bits per heavy atom. The van der Waals surface area contributed by atoms with Gasteiger partial charge in [0, 0.05) is 21.5 Å². The maximum atomic E-state index is 13.2. The number of fused-ring (bicyclic) bond motifs is 2. The number of halogens is 1. The Labute approximate surface area is 182 Å². The van der Waals surface area contributed by atoms with Gasteiger partial charge in [-0.25, -0.2) is 4.98 Å². The summed E-state index contributed by atoms with van der Waals surface area (Å²) in [5.41, 5.74) is 5.06. The molecule has 4 aromatic rings. The highest BCUT2D eigenvalue weighted by molar-refractivity contribution is 7.17. The SMILES string of the molecule is O=C(Cn1cnc2scc(-c3ccc4c(c3)CCCC4)c2c1=O)c1ccc(Cl)cc1. The highest BCUT2D eigenvalue weighted by atomic mass is 35.5. The van der Waals surface area contributed by atoms with E-state index in [1.165, 1.54) is 46.2 Å². The van der Waals surface area contributed by atoms with Crippen molar-refractivity contribution in [3.05, 3.63) is 86.2 Å². The Balaban J connectivity index is 1.54. The van der Waals surface area contributed by atoms with Crippen molar-refractivity contribution in [1.29, 1.82) is 0 Å². The van der Waals surface area contributed by atoms with Gasteiger partial charge in [-0.1, -0.05) is 29.8 Å². The number of rotatable bonds is 4. The van der Waals surface area contributed by atoms with Gasteiger partial charge in [0.25, 0.3) is 5.56 Å². The molecule has 0 saturated heterocycles. The number of carbonyl (C=O) groups excluding carboxylic acids is 1. The van der Waals surface area contributed by atoms with Crippen molar-refractivity contribution in [3.63, 3.8) is 0 Å². The van der Waals surface area contributed by atoms with Gasteiger partial charge in [0.05, 0.1) is 18.3 Å². The average Bonchev–Trinajstić information content (AvgIpc) is 3.21. The number of aromatic nitrogens is 2. The van der Waals surface area contributed by atoms with E-state index in [9.17, 15) is 9.59 Å². The Kier molecular flexibility index (Phi) is 5.01. The van der Waals surface area contributed by atoms with Crippen LogP contribution in [-0.2, 0) is 19.4 Å². The van der Waals surface area contributed by atoms with Gasteiger partial charge in [-0.2, -0.15) is 0 Å². The minimum Gasteiger partial charge on any atom is -0.292 e. The number of benzene rings is 2. The summed E-state index contributed by atoms with van der Waals surface area (Å²) in [7, 11) is 0. The summed E-state index contributed by atoms with van der Waals surface area (Å²) in [6, 6.07) is 13.2. The van der Waals surface area contributed by atoms with Gasteiger partial charge in [0.1, 0.15) is 4.83 Å². The second-order valence-corrected chi connectivity index (χ2v) is 8.92. The Morgan fingerprint density at radius 2 is 1.83 bits per heavy atom. The quantitative estimate of drug-likeness (QED) is 0.396. The predicted octanol–water partition coefficient (Wildman–Crippen LogP) is 5.54. The zero-order chi connectivity index (χ0) is 20.7. The second kappa shape index (κ2) is 7.82. The minimum atomic E-state index is -0.184. The first kappa shape index (κ1) is 19.2. The van der Waals surface area contributed by atoms with Crippen LogP contribution in [0.4, 0.5) is 0 Å². The fraction of sp³-hybridized carbons (Fsp3) is 0.208. The van der Waals surface area contributed by atoms with Gasteiger partial charge >= 0.3 is 0 Å². The van der Waals surface area contributed by atoms with Crippen LogP contribution in [0.25, 0.3) is 21.3 Å². The van der Waals surface area contributed by atoms with Gasteiger partial charge in [-0.3, -0.25) is 14.2 Å². The van der Waals surface area contributed by atoms with Crippen LogP contribution in [0.3, 0.4) is 0 Å². The van der Waals surface area contributed by atoms with Gasteiger partial charge in [0.2, 0.25) is 0 Å². The summed E-state index contributed by atoms with van der Waals surface area (Å²) in [5.74, 6) is -0.152. The van der Waals surface area contributed by atoms with Gasteiger partial charge in [0.15, 0.2) is 5.78 Å². The number of carbonyl (C=O) groups is 1. The molecule has 2 heterocycles. The summed E-state index contributed by atoms with van der Waals surface area (Å²) < 4.78 is 1.40. The molecule has 2 aromatic carbocycles. The van der Waals surface area contributed by atoms with Gasteiger partial charge in [-0.05, 0) is 66.6 Å². The van der Waals surface area contributed by atoms with Gasteiger partial charge < -0.3 is 0 Å². The number of thiophene rings is 1. The standard InChI is InChI=1S/C24H19ClN2O2S/c25-19-9-7-16(8-10-19)21(28)12-27-14-26-23-22(24(27)29)20(13-30-23)18-6-5-15-3-1-2-4-17(15)11-18/h5-11,13-14H,1-4,12H2. The van der Waals surface area contributed by atoms with E-state index in [1.807, 2.05) is 5.38 Å². The first-order valence-electron chi connectivity index (χ1n) is 9.98. The lowest BCUT2D eigenvalue weighted by Gasteiger charge is -2.16. The van der Waals surface area contributed by atoms with Crippen LogP contribution in [0.1, 0.15) is 34.3 Å². The van der Waals surface area contributed by atoms with Crippen LogP contribution in [0.2, 0.25) is 5.02 Å². The van der Waals surface area contributed by atoms with Gasteiger partial charge in [-0.15, -0.1) is 11.3 Å². The molecule has 2 aromatic heterocycles. The molecular weight excluding hydrogens is 416 g/mol. The maximum Gasteiger partial charge on any atom is 0.263 e. The Morgan fingerprint density at radius 1 is 1.07 bits per heavy atom. The summed E-state index contributed by atoms with van der Waals surface area (Å²) in [6.07, 6.45) is 6.13. The van der Waals surface area contributed by atoms with Crippen LogP contribution in [0, 0.1) is 0 Å². The monoisotopic (exact) mass is 434 g/mol. The molecule has 0 atom stereocenters. The third-order valence-corrected chi connectivity index (χ3v) is 6.84. The second-order valence-electron chi connectivity index (χ2n) is 7.63. The van der Waals surface area contributed by atoms with Crippen molar-refractivity contribution >= 4 is 38.9 Å². The van der Waals surface area contributed by atoms with Crippen molar-refractivity contribution in [1.82, 2.24) is 9.55 Å². The van der Waals surface area contributed by atoms with Crippen molar-refractivity contribution in [2.24, 2.45) is 0 Å². The summed E-state index contributed by atoms with van der Waals surface area (Å²) in [5, 5.41) is 3.15. The summed E-state index contributed by atoms with van der Waals surface area (Å²) in [6.45, 7) is -0.0527. The van der Waals surface area contributed by atoms with Crippen LogP contribution >= 0.6 is 22.9 Å². The third-order valence-electron chi connectivity index (χ3n) is 5.70. The zero-order valence-electron chi connectivity index (χ0n) is 16.2. The van der Waals surface area contributed by atoms with Crippen LogP contribution < -0.4 is 5.56 Å². The summed E-state index contributed by atoms with van der Waals surface area (Å²) >= 11 is 7.36. The highest BCUT2D eigenvalue weighted by Crippen LogP contribution is 2.33. The maximum absolute atomic E-state index is 13.2. The van der Waals surface area contributed by atoms with Crippen LogP contribution in [0.15, 0.2) is 59.0 Å². The van der Waals surface area contributed by atoms with Crippen molar-refractivity contribution < 1.29 is 4.79 Å². The molecule has 1 aliphatic rings. The van der Waals surface area contributed by atoms with Crippen molar-refractivity contribution in [2.45, 2.75) is 32.2 Å². The Bertz CT molecular complexity index is 1320. The van der Waals surface area contributed by atoms with Crippen molar-refractivity contribution in [2.75, 3.05) is 0 Å². The molecule has 4 nitrogen and oxygen atoms in total. The molecule has 150 valence electrons. The average molecular weight is 435 g/mol. The number of nitrogens with zero attached hydrogens (tertiary/aromatic N) is 2. The molecule has 0 N–H and O–H groups in total. The molecule has 30 heavy (non-hydrogen) atoms. The van der Waals surface area contributed by atoms with E-state index in [4.69, 9.17) is 11.6 Å². The lowest BCUT2D eigenvalue weighted by molar-refractivity contribution is 0.0970. The van der Waals surface area contributed by atoms with Crippen molar-refractivity contribution in [3.8, 4) is 11.1 Å². The largest absolute Gasteiger partial charge is 0.292 e.